The van der Waals surface area contributed by atoms with E-state index in [1.807, 2.05) is 0 Å². The fraction of sp³-hybridized carbons (Fsp3) is 0.462. The number of halogens is 1. The summed E-state index contributed by atoms with van der Waals surface area (Å²) >= 11 is 5.85. The molecule has 3 atom stereocenters. The number of sulfonamides is 1. The zero-order valence-corrected chi connectivity index (χ0v) is 12.1. The van der Waals surface area contributed by atoms with E-state index >= 15 is 0 Å². The van der Waals surface area contributed by atoms with Crippen LogP contribution in [0.2, 0.25) is 5.02 Å². The molecule has 2 fully saturated rings. The van der Waals surface area contributed by atoms with Crippen molar-refractivity contribution in [2.24, 2.45) is 5.92 Å². The summed E-state index contributed by atoms with van der Waals surface area (Å²) in [6, 6.07) is 5.46. The Morgan fingerprint density at radius 1 is 1.35 bits per heavy atom. The Morgan fingerprint density at radius 3 is 2.70 bits per heavy atom. The molecule has 0 radical (unpaired) electrons. The molecule has 108 valence electrons. The van der Waals surface area contributed by atoms with Gasteiger partial charge in [-0.15, -0.1) is 0 Å². The van der Waals surface area contributed by atoms with Gasteiger partial charge in [0.1, 0.15) is 0 Å². The second-order valence-electron chi connectivity index (χ2n) is 5.27. The molecule has 20 heavy (non-hydrogen) atoms. The summed E-state index contributed by atoms with van der Waals surface area (Å²) in [4.78, 5) is 11.3. The molecule has 0 aliphatic carbocycles. The molecule has 2 aliphatic heterocycles. The van der Waals surface area contributed by atoms with E-state index in [0.717, 1.165) is 6.42 Å². The van der Waals surface area contributed by atoms with E-state index in [1.54, 1.807) is 12.1 Å². The highest BCUT2D eigenvalue weighted by atomic mass is 35.5. The Labute approximate surface area is 122 Å². The van der Waals surface area contributed by atoms with Crippen LogP contribution < -0.4 is 0 Å². The lowest BCUT2D eigenvalue weighted by Crippen LogP contribution is -2.37. The maximum atomic E-state index is 12.7. The molecule has 1 N–H and O–H groups in total. The number of hydrogen-bond acceptors (Lipinski definition) is 3. The predicted octanol–water partition coefficient (Wildman–Crippen LogP) is 1.97. The number of benzene rings is 1. The molecule has 5 nitrogen and oxygen atoms in total. The molecule has 2 saturated heterocycles. The van der Waals surface area contributed by atoms with Crippen molar-refractivity contribution in [1.29, 1.82) is 0 Å². The molecule has 1 aromatic carbocycles. The zero-order chi connectivity index (χ0) is 14.5. The van der Waals surface area contributed by atoms with E-state index < -0.39 is 28.0 Å². The van der Waals surface area contributed by atoms with Gasteiger partial charge in [-0.1, -0.05) is 17.7 Å². The fourth-order valence-corrected chi connectivity index (χ4v) is 5.55. The fourth-order valence-electron chi connectivity index (χ4n) is 3.33. The number of carboxylic acid groups (broad SMARTS) is 1. The topological polar surface area (TPSA) is 74.7 Å². The normalized spacial score (nSPS) is 29.8. The lowest BCUT2D eigenvalue weighted by atomic mass is 9.89. The first kappa shape index (κ1) is 13.9. The summed E-state index contributed by atoms with van der Waals surface area (Å²) in [6.45, 7) is 0. The van der Waals surface area contributed by atoms with Gasteiger partial charge in [-0.25, -0.2) is 8.42 Å². The van der Waals surface area contributed by atoms with E-state index in [1.165, 1.54) is 16.4 Å². The molecule has 0 aromatic heterocycles. The third kappa shape index (κ3) is 2.03. The van der Waals surface area contributed by atoms with Crippen LogP contribution in [0.25, 0.3) is 0 Å². The summed E-state index contributed by atoms with van der Waals surface area (Å²) in [7, 11) is -3.68. The Morgan fingerprint density at radius 2 is 2.10 bits per heavy atom. The summed E-state index contributed by atoms with van der Waals surface area (Å²) in [5, 5.41) is 9.54. The molecule has 2 heterocycles. The van der Waals surface area contributed by atoms with Crippen molar-refractivity contribution in [3.63, 3.8) is 0 Å². The zero-order valence-electron chi connectivity index (χ0n) is 10.6. The molecule has 2 bridgehead atoms. The second kappa shape index (κ2) is 4.72. The van der Waals surface area contributed by atoms with Gasteiger partial charge in [-0.3, -0.25) is 4.79 Å². The van der Waals surface area contributed by atoms with Crippen molar-refractivity contribution in [1.82, 2.24) is 4.31 Å². The SMILES string of the molecule is O=C(O)C1CC2CCC1N2S(=O)(=O)c1cccc(Cl)c1. The van der Waals surface area contributed by atoms with Crippen LogP contribution in [0.3, 0.4) is 0 Å². The van der Waals surface area contributed by atoms with Crippen molar-refractivity contribution in [2.45, 2.75) is 36.2 Å². The average molecular weight is 316 g/mol. The maximum Gasteiger partial charge on any atom is 0.308 e. The van der Waals surface area contributed by atoms with Crippen molar-refractivity contribution < 1.29 is 18.3 Å². The van der Waals surface area contributed by atoms with E-state index in [4.69, 9.17) is 11.6 Å². The maximum absolute atomic E-state index is 12.7. The second-order valence-corrected chi connectivity index (χ2v) is 7.55. The molecule has 2 aliphatic rings. The van der Waals surface area contributed by atoms with Gasteiger partial charge < -0.3 is 5.11 Å². The minimum Gasteiger partial charge on any atom is -0.481 e. The van der Waals surface area contributed by atoms with Crippen LogP contribution in [-0.4, -0.2) is 35.9 Å². The number of hydrogen-bond donors (Lipinski definition) is 1. The smallest absolute Gasteiger partial charge is 0.308 e. The van der Waals surface area contributed by atoms with Crippen molar-refractivity contribution >= 4 is 27.6 Å². The van der Waals surface area contributed by atoms with Crippen molar-refractivity contribution in [2.75, 3.05) is 0 Å². The molecule has 1 aromatic rings. The van der Waals surface area contributed by atoms with Crippen molar-refractivity contribution in [3.8, 4) is 0 Å². The summed E-state index contributed by atoms with van der Waals surface area (Å²) in [6.07, 6.45) is 1.75. The van der Waals surface area contributed by atoms with E-state index in [2.05, 4.69) is 0 Å². The number of aliphatic carboxylic acids is 1. The van der Waals surface area contributed by atoms with E-state index in [-0.39, 0.29) is 10.9 Å². The Kier molecular flexibility index (Phi) is 3.27. The lowest BCUT2D eigenvalue weighted by Gasteiger charge is -2.22. The highest BCUT2D eigenvalue weighted by Gasteiger charge is 2.54. The molecule has 3 unspecified atom stereocenters. The summed E-state index contributed by atoms with van der Waals surface area (Å²) < 4.78 is 26.8. The lowest BCUT2D eigenvalue weighted by molar-refractivity contribution is -0.142. The Balaban J connectivity index is 1.99. The Hall–Kier alpha value is -1.11. The molecule has 0 amide bonds. The third-order valence-electron chi connectivity index (χ3n) is 4.16. The average Bonchev–Trinajstić information content (AvgIpc) is 2.96. The number of fused-ring (bicyclic) bond motifs is 2. The standard InChI is InChI=1S/C13H14ClNO4S/c14-8-2-1-3-10(6-8)20(18,19)15-9-4-5-12(15)11(7-9)13(16)17/h1-3,6,9,11-12H,4-5,7H2,(H,16,17). The number of nitrogens with zero attached hydrogens (tertiary/aromatic N) is 1. The van der Waals surface area contributed by atoms with Gasteiger partial charge in [0, 0.05) is 17.1 Å². The van der Waals surface area contributed by atoms with Gasteiger partial charge in [0.05, 0.1) is 10.8 Å². The van der Waals surface area contributed by atoms with Gasteiger partial charge >= 0.3 is 5.97 Å². The van der Waals surface area contributed by atoms with Crippen LogP contribution in [0.5, 0.6) is 0 Å². The minimum absolute atomic E-state index is 0.132. The molecule has 3 rings (SSSR count). The third-order valence-corrected chi connectivity index (χ3v) is 6.37. The minimum atomic E-state index is -3.68. The van der Waals surface area contributed by atoms with Gasteiger partial charge in [0.15, 0.2) is 0 Å². The Bertz CT molecular complexity index is 660. The monoisotopic (exact) mass is 315 g/mol. The summed E-state index contributed by atoms with van der Waals surface area (Å²) in [5.74, 6) is -1.51. The van der Waals surface area contributed by atoms with Crippen LogP contribution in [0.15, 0.2) is 29.2 Å². The first-order valence-corrected chi connectivity index (χ1v) is 8.25. The van der Waals surface area contributed by atoms with E-state index in [0.29, 0.717) is 17.9 Å². The highest BCUT2D eigenvalue weighted by Crippen LogP contribution is 2.45. The van der Waals surface area contributed by atoms with Crippen LogP contribution in [0, 0.1) is 5.92 Å². The quantitative estimate of drug-likeness (QED) is 0.925. The van der Waals surface area contributed by atoms with Crippen LogP contribution in [0.1, 0.15) is 19.3 Å². The largest absolute Gasteiger partial charge is 0.481 e. The highest BCUT2D eigenvalue weighted by molar-refractivity contribution is 7.89. The van der Waals surface area contributed by atoms with E-state index in [9.17, 15) is 18.3 Å². The molecule has 0 spiro atoms. The summed E-state index contributed by atoms with van der Waals surface area (Å²) in [5.41, 5.74) is 0. The first-order chi connectivity index (χ1) is 9.41. The molecular formula is C13H14ClNO4S. The van der Waals surface area contributed by atoms with Crippen LogP contribution >= 0.6 is 11.6 Å². The van der Waals surface area contributed by atoms with Gasteiger partial charge in [0.2, 0.25) is 10.0 Å². The molecule has 7 heteroatoms. The first-order valence-electron chi connectivity index (χ1n) is 6.43. The number of carbonyl (C=O) groups is 1. The molecule has 0 saturated carbocycles. The number of carboxylic acids is 1. The van der Waals surface area contributed by atoms with Crippen LogP contribution in [-0.2, 0) is 14.8 Å². The van der Waals surface area contributed by atoms with Gasteiger partial charge in [-0.05, 0) is 37.5 Å². The van der Waals surface area contributed by atoms with Crippen LogP contribution in [0.4, 0.5) is 0 Å². The molecular weight excluding hydrogens is 302 g/mol. The van der Waals surface area contributed by atoms with Crippen molar-refractivity contribution in [3.05, 3.63) is 29.3 Å². The predicted molar refractivity (Wildman–Crippen MR) is 73.0 cm³/mol. The number of rotatable bonds is 3. The van der Waals surface area contributed by atoms with Gasteiger partial charge in [0.25, 0.3) is 0 Å². The van der Waals surface area contributed by atoms with Gasteiger partial charge in [-0.2, -0.15) is 4.31 Å².